The summed E-state index contributed by atoms with van der Waals surface area (Å²) in [6.07, 6.45) is 11.0. The van der Waals surface area contributed by atoms with Crippen LogP contribution in [-0.2, 0) is 6.42 Å². The number of rotatable bonds is 5. The van der Waals surface area contributed by atoms with E-state index in [2.05, 4.69) is 43.1 Å². The number of aromatic amines is 1. The zero-order valence-electron chi connectivity index (χ0n) is 18.0. The number of hydrogen-bond acceptors (Lipinski definition) is 3. The smallest absolute Gasteiger partial charge is 0.128 e. The molecule has 2 aliphatic rings. The minimum atomic E-state index is 0.179. The Kier molecular flexibility index (Phi) is 6.36. The van der Waals surface area contributed by atoms with Crippen LogP contribution in [0.2, 0.25) is 5.02 Å². The van der Waals surface area contributed by atoms with Gasteiger partial charge >= 0.3 is 0 Å². The lowest BCUT2D eigenvalue weighted by Gasteiger charge is -2.25. The maximum atomic E-state index is 9.20. The van der Waals surface area contributed by atoms with Crippen molar-refractivity contribution in [2.24, 2.45) is 11.7 Å². The molecular weight excluding hydrogens is 406 g/mol. The highest BCUT2D eigenvalue weighted by atomic mass is 35.5. The summed E-state index contributed by atoms with van der Waals surface area (Å²) in [6.45, 7) is 4.34. The summed E-state index contributed by atoms with van der Waals surface area (Å²) in [5, 5.41) is 12.1. The standard InChI is InChI=1S/C26H28ClN3O/c1-3-23-26(27)25-22(16(2)18-7-5-8-19(29)13-18)14-21(10-11-24(25)30-23)31-20-9-4-6-17(12-20)15-28/h4,6-7,9,11-12,14,16,19,30H,3,5,8,10,13,29H2,1-2H3. The summed E-state index contributed by atoms with van der Waals surface area (Å²) >= 11 is 6.85. The number of allylic oxidation sites excluding steroid dienone is 3. The van der Waals surface area contributed by atoms with Crippen molar-refractivity contribution >= 4 is 23.3 Å². The van der Waals surface area contributed by atoms with E-state index in [1.807, 2.05) is 12.1 Å². The number of aryl methyl sites for hydroxylation is 1. The molecule has 160 valence electrons. The number of benzene rings is 1. The van der Waals surface area contributed by atoms with Crippen molar-refractivity contribution in [1.29, 1.82) is 5.26 Å². The van der Waals surface area contributed by atoms with Crippen molar-refractivity contribution in [2.75, 3.05) is 0 Å². The highest BCUT2D eigenvalue weighted by Gasteiger charge is 2.23. The second-order valence-corrected chi connectivity index (χ2v) is 8.70. The zero-order valence-corrected chi connectivity index (χ0v) is 18.8. The van der Waals surface area contributed by atoms with Gasteiger partial charge in [-0.3, -0.25) is 0 Å². The van der Waals surface area contributed by atoms with Gasteiger partial charge in [0.05, 0.1) is 16.7 Å². The average molecular weight is 434 g/mol. The first-order valence-electron chi connectivity index (χ1n) is 10.9. The second kappa shape index (κ2) is 9.18. The fourth-order valence-electron chi connectivity index (χ4n) is 4.45. The van der Waals surface area contributed by atoms with Crippen molar-refractivity contribution in [3.63, 3.8) is 0 Å². The van der Waals surface area contributed by atoms with Gasteiger partial charge in [0.15, 0.2) is 0 Å². The van der Waals surface area contributed by atoms with Crippen LogP contribution in [0.1, 0.15) is 50.8 Å². The summed E-state index contributed by atoms with van der Waals surface area (Å²) in [7, 11) is 0. The zero-order chi connectivity index (χ0) is 22.0. The topological polar surface area (TPSA) is 74.8 Å². The minimum absolute atomic E-state index is 0.179. The van der Waals surface area contributed by atoms with Crippen molar-refractivity contribution in [3.05, 3.63) is 74.6 Å². The molecule has 2 unspecified atom stereocenters. The largest absolute Gasteiger partial charge is 0.461 e. The molecule has 4 rings (SSSR count). The molecule has 1 heterocycles. The number of aromatic nitrogens is 1. The lowest BCUT2D eigenvalue weighted by molar-refractivity contribution is 0.418. The van der Waals surface area contributed by atoms with Gasteiger partial charge in [0.25, 0.3) is 0 Å². The first-order chi connectivity index (χ1) is 15.0. The van der Waals surface area contributed by atoms with E-state index in [4.69, 9.17) is 22.1 Å². The third-order valence-corrected chi connectivity index (χ3v) is 6.60. The summed E-state index contributed by atoms with van der Waals surface area (Å²) in [4.78, 5) is 3.51. The highest BCUT2D eigenvalue weighted by molar-refractivity contribution is 6.31. The van der Waals surface area contributed by atoms with Crippen molar-refractivity contribution < 1.29 is 4.74 Å². The normalized spacial score (nSPS) is 19.3. The predicted octanol–water partition coefficient (Wildman–Crippen LogP) is 4.47. The van der Waals surface area contributed by atoms with E-state index in [1.165, 1.54) is 5.57 Å². The Labute approximate surface area is 188 Å². The highest BCUT2D eigenvalue weighted by Crippen LogP contribution is 2.32. The van der Waals surface area contributed by atoms with Crippen LogP contribution < -0.4 is 21.0 Å². The monoisotopic (exact) mass is 433 g/mol. The summed E-state index contributed by atoms with van der Waals surface area (Å²) in [6, 6.07) is 9.62. The van der Waals surface area contributed by atoms with Crippen LogP contribution in [0.15, 0.2) is 47.7 Å². The van der Waals surface area contributed by atoms with E-state index in [0.29, 0.717) is 17.7 Å². The molecule has 0 fully saturated rings. The molecule has 0 spiro atoms. The fraction of sp³-hybridized carbons (Fsp3) is 0.346. The molecule has 0 bridgehead atoms. The fourth-order valence-corrected chi connectivity index (χ4v) is 4.84. The second-order valence-electron chi connectivity index (χ2n) is 8.32. The van der Waals surface area contributed by atoms with Gasteiger partial charge in [-0.2, -0.15) is 5.26 Å². The average Bonchev–Trinajstić information content (AvgIpc) is 2.98. The molecule has 5 heteroatoms. The van der Waals surface area contributed by atoms with E-state index in [9.17, 15) is 5.26 Å². The third kappa shape index (κ3) is 4.49. The molecule has 0 saturated heterocycles. The maximum absolute atomic E-state index is 9.20. The van der Waals surface area contributed by atoms with Crippen LogP contribution in [0.25, 0.3) is 11.6 Å². The number of nitrogens with two attached hydrogens (primary N) is 1. The Morgan fingerprint density at radius 2 is 2.19 bits per heavy atom. The van der Waals surface area contributed by atoms with Crippen molar-refractivity contribution in [2.45, 2.75) is 52.0 Å². The van der Waals surface area contributed by atoms with E-state index in [-0.39, 0.29) is 12.0 Å². The van der Waals surface area contributed by atoms with Crippen LogP contribution in [0, 0.1) is 17.2 Å². The summed E-state index contributed by atoms with van der Waals surface area (Å²) in [5.74, 6) is 1.67. The molecule has 1 aromatic carbocycles. The summed E-state index contributed by atoms with van der Waals surface area (Å²) < 4.78 is 6.22. The van der Waals surface area contributed by atoms with Crippen LogP contribution in [-0.4, -0.2) is 11.0 Å². The van der Waals surface area contributed by atoms with Crippen molar-refractivity contribution in [3.8, 4) is 11.8 Å². The predicted molar refractivity (Wildman–Crippen MR) is 126 cm³/mol. The molecule has 0 amide bonds. The van der Waals surface area contributed by atoms with Gasteiger partial charge in [-0.1, -0.05) is 49.2 Å². The molecule has 2 atom stereocenters. The molecule has 3 N–H and O–H groups in total. The van der Waals surface area contributed by atoms with Gasteiger partial charge in [0, 0.05) is 34.6 Å². The van der Waals surface area contributed by atoms with Gasteiger partial charge in [-0.05, 0) is 55.5 Å². The lowest BCUT2D eigenvalue weighted by atomic mass is 9.83. The molecule has 1 aromatic heterocycles. The molecule has 0 aliphatic heterocycles. The van der Waals surface area contributed by atoms with E-state index in [0.717, 1.165) is 58.3 Å². The first kappa shape index (κ1) is 21.5. The van der Waals surface area contributed by atoms with Gasteiger partial charge in [0.1, 0.15) is 11.5 Å². The number of halogens is 1. The first-order valence-corrected chi connectivity index (χ1v) is 11.3. The van der Waals surface area contributed by atoms with Crippen LogP contribution >= 0.6 is 11.6 Å². The number of H-pyrrole nitrogens is 1. The van der Waals surface area contributed by atoms with Gasteiger partial charge in [-0.15, -0.1) is 0 Å². The SMILES string of the molecule is CCc1[nH]c2c(c1Cl)=C(C(C)C1=CCCC(N)C1)C=C(Oc1cccc(C#N)c1)CC=2. The molecule has 0 saturated carbocycles. The number of hydrogen-bond donors (Lipinski definition) is 2. The molecule has 2 aliphatic carbocycles. The number of nitrogens with zero attached hydrogens (tertiary/aromatic N) is 1. The van der Waals surface area contributed by atoms with Crippen molar-refractivity contribution in [1.82, 2.24) is 4.98 Å². The Balaban J connectivity index is 1.82. The molecular formula is C26H28ClN3O. The number of ether oxygens (including phenoxy) is 1. The lowest BCUT2D eigenvalue weighted by Crippen LogP contribution is -2.29. The molecule has 0 radical (unpaired) electrons. The van der Waals surface area contributed by atoms with Gasteiger partial charge in [0.2, 0.25) is 0 Å². The van der Waals surface area contributed by atoms with Crippen LogP contribution in [0.4, 0.5) is 0 Å². The van der Waals surface area contributed by atoms with Crippen LogP contribution in [0.3, 0.4) is 0 Å². The van der Waals surface area contributed by atoms with Gasteiger partial charge < -0.3 is 15.5 Å². The van der Waals surface area contributed by atoms with E-state index in [1.54, 1.807) is 12.1 Å². The summed E-state index contributed by atoms with van der Waals surface area (Å²) in [5.41, 5.74) is 10.4. The number of nitriles is 1. The maximum Gasteiger partial charge on any atom is 0.128 e. The third-order valence-electron chi connectivity index (χ3n) is 6.18. The Morgan fingerprint density at radius 1 is 1.35 bits per heavy atom. The number of nitrogens with one attached hydrogen (secondary N) is 1. The Morgan fingerprint density at radius 3 is 2.94 bits per heavy atom. The molecule has 4 nitrogen and oxygen atoms in total. The molecule has 2 aromatic rings. The quantitative estimate of drug-likeness (QED) is 0.683. The van der Waals surface area contributed by atoms with E-state index >= 15 is 0 Å². The van der Waals surface area contributed by atoms with E-state index < -0.39 is 0 Å². The molecule has 31 heavy (non-hydrogen) atoms. The van der Waals surface area contributed by atoms with Gasteiger partial charge in [-0.25, -0.2) is 0 Å². The minimum Gasteiger partial charge on any atom is -0.461 e. The Hall–Kier alpha value is -2.74. The number of fused-ring (bicyclic) bond motifs is 1. The van der Waals surface area contributed by atoms with Crippen LogP contribution in [0.5, 0.6) is 5.75 Å². The Bertz CT molecular complexity index is 1210.